The van der Waals surface area contributed by atoms with Gasteiger partial charge in [0.05, 0.1) is 24.2 Å². The Morgan fingerprint density at radius 3 is 2.39 bits per heavy atom. The van der Waals surface area contributed by atoms with Crippen LogP contribution in [0.1, 0.15) is 25.7 Å². The monoisotopic (exact) mass is 321 g/mol. The minimum absolute atomic E-state index is 0.0958. The molecule has 1 saturated heterocycles. The normalized spacial score (nSPS) is 15.2. The Balaban J connectivity index is 1.86. The Kier molecular flexibility index (Phi) is 5.51. The van der Waals surface area contributed by atoms with Gasteiger partial charge in [-0.2, -0.15) is 0 Å². The smallest absolute Gasteiger partial charge is 0.306 e. The van der Waals surface area contributed by atoms with Crippen LogP contribution in [0.5, 0.6) is 0 Å². The molecule has 3 N–H and O–H groups in total. The number of carbonyl (C=O) groups is 3. The molecule has 0 spiro atoms. The molecule has 8 nitrogen and oxygen atoms in total. The van der Waals surface area contributed by atoms with Crippen molar-refractivity contribution in [1.29, 1.82) is 0 Å². The van der Waals surface area contributed by atoms with Crippen LogP contribution in [0.15, 0.2) is 18.3 Å². The number of hydrogen-bond donors (Lipinski definition) is 3. The first-order valence-corrected chi connectivity index (χ1v) is 7.41. The summed E-state index contributed by atoms with van der Waals surface area (Å²) in [5.41, 5.74) is 0.873. The molecule has 0 aliphatic carbocycles. The number of aliphatic carboxylic acids is 2. The SMILES string of the molecule is O=C(O)CCC(=O)Nc1ccc(N2CCC(C(=O)O)CC2)cn1. The van der Waals surface area contributed by atoms with Crippen molar-refractivity contribution in [3.63, 3.8) is 0 Å². The lowest BCUT2D eigenvalue weighted by Gasteiger charge is -2.31. The number of carboxylic acids is 2. The van der Waals surface area contributed by atoms with Gasteiger partial charge in [-0.3, -0.25) is 14.4 Å². The summed E-state index contributed by atoms with van der Waals surface area (Å²) in [5, 5.41) is 20.0. The number of piperidine rings is 1. The summed E-state index contributed by atoms with van der Waals surface area (Å²) in [6.07, 6.45) is 2.50. The van der Waals surface area contributed by atoms with E-state index < -0.39 is 17.8 Å². The fourth-order valence-corrected chi connectivity index (χ4v) is 2.46. The number of hydrogen-bond acceptors (Lipinski definition) is 5. The summed E-state index contributed by atoms with van der Waals surface area (Å²) in [7, 11) is 0. The van der Waals surface area contributed by atoms with Gasteiger partial charge in [-0.05, 0) is 25.0 Å². The van der Waals surface area contributed by atoms with E-state index >= 15 is 0 Å². The topological polar surface area (TPSA) is 120 Å². The van der Waals surface area contributed by atoms with Gasteiger partial charge >= 0.3 is 11.9 Å². The highest BCUT2D eigenvalue weighted by Crippen LogP contribution is 2.23. The molecule has 124 valence electrons. The standard InChI is InChI=1S/C15H19N3O5/c19-13(3-4-14(20)21)17-12-2-1-11(9-16-12)18-7-5-10(6-8-18)15(22)23/h1-2,9-10H,3-8H2,(H,20,21)(H,22,23)(H,16,17,19). The van der Waals surface area contributed by atoms with Crippen molar-refractivity contribution in [1.82, 2.24) is 4.98 Å². The molecule has 1 amide bonds. The highest BCUT2D eigenvalue weighted by Gasteiger charge is 2.24. The number of nitrogens with one attached hydrogen (secondary N) is 1. The maximum atomic E-state index is 11.5. The zero-order valence-corrected chi connectivity index (χ0v) is 12.6. The van der Waals surface area contributed by atoms with Crippen LogP contribution in [0.3, 0.4) is 0 Å². The maximum Gasteiger partial charge on any atom is 0.306 e. The average Bonchev–Trinajstić information content (AvgIpc) is 2.54. The Hall–Kier alpha value is -2.64. The fourth-order valence-electron chi connectivity index (χ4n) is 2.46. The second-order valence-corrected chi connectivity index (χ2v) is 5.44. The number of anilines is 2. The molecular weight excluding hydrogens is 302 g/mol. The van der Waals surface area contributed by atoms with Crippen LogP contribution in [-0.4, -0.2) is 46.1 Å². The van der Waals surface area contributed by atoms with Crippen molar-refractivity contribution >= 4 is 29.4 Å². The van der Waals surface area contributed by atoms with Crippen molar-refractivity contribution in [3.8, 4) is 0 Å². The molecule has 0 saturated carbocycles. The van der Waals surface area contributed by atoms with Crippen molar-refractivity contribution in [2.45, 2.75) is 25.7 Å². The van der Waals surface area contributed by atoms with Crippen LogP contribution in [0.2, 0.25) is 0 Å². The van der Waals surface area contributed by atoms with E-state index in [-0.39, 0.29) is 18.8 Å². The van der Waals surface area contributed by atoms with Gasteiger partial charge in [-0.1, -0.05) is 0 Å². The van der Waals surface area contributed by atoms with Crippen molar-refractivity contribution in [2.75, 3.05) is 23.3 Å². The molecule has 0 aromatic carbocycles. The Morgan fingerprint density at radius 2 is 1.87 bits per heavy atom. The summed E-state index contributed by atoms with van der Waals surface area (Å²) in [5.74, 6) is -2.08. The summed E-state index contributed by atoms with van der Waals surface area (Å²) in [4.78, 5) is 39.1. The number of carboxylic acid groups (broad SMARTS) is 2. The van der Waals surface area contributed by atoms with Gasteiger partial charge in [-0.25, -0.2) is 4.98 Å². The molecule has 2 rings (SSSR count). The lowest BCUT2D eigenvalue weighted by molar-refractivity contribution is -0.142. The number of rotatable bonds is 6. The van der Waals surface area contributed by atoms with E-state index in [1.54, 1.807) is 18.3 Å². The van der Waals surface area contributed by atoms with Gasteiger partial charge in [0, 0.05) is 19.5 Å². The van der Waals surface area contributed by atoms with Crippen LogP contribution in [0, 0.1) is 5.92 Å². The Morgan fingerprint density at radius 1 is 1.17 bits per heavy atom. The molecule has 1 fully saturated rings. The van der Waals surface area contributed by atoms with E-state index in [2.05, 4.69) is 15.2 Å². The first kappa shape index (κ1) is 16.7. The summed E-state index contributed by atoms with van der Waals surface area (Å²) < 4.78 is 0. The maximum absolute atomic E-state index is 11.5. The van der Waals surface area contributed by atoms with Crippen molar-refractivity contribution in [2.24, 2.45) is 5.92 Å². The predicted molar refractivity (Wildman–Crippen MR) is 82.3 cm³/mol. The number of nitrogens with zero attached hydrogens (tertiary/aromatic N) is 2. The van der Waals surface area contributed by atoms with Gasteiger partial charge in [0.25, 0.3) is 0 Å². The van der Waals surface area contributed by atoms with Crippen LogP contribution in [0.4, 0.5) is 11.5 Å². The molecule has 1 aromatic heterocycles. The number of aromatic nitrogens is 1. The van der Waals surface area contributed by atoms with Gasteiger partial charge < -0.3 is 20.4 Å². The number of amides is 1. The second-order valence-electron chi connectivity index (χ2n) is 5.44. The van der Waals surface area contributed by atoms with Crippen LogP contribution in [-0.2, 0) is 14.4 Å². The van der Waals surface area contributed by atoms with E-state index in [9.17, 15) is 14.4 Å². The molecular formula is C15H19N3O5. The van der Waals surface area contributed by atoms with Crippen LogP contribution < -0.4 is 10.2 Å². The van der Waals surface area contributed by atoms with Crippen LogP contribution in [0.25, 0.3) is 0 Å². The second kappa shape index (κ2) is 7.57. The molecule has 2 heterocycles. The van der Waals surface area contributed by atoms with E-state index in [4.69, 9.17) is 10.2 Å². The molecule has 23 heavy (non-hydrogen) atoms. The zero-order valence-electron chi connectivity index (χ0n) is 12.6. The first-order valence-electron chi connectivity index (χ1n) is 7.41. The minimum Gasteiger partial charge on any atom is -0.481 e. The molecule has 0 unspecified atom stereocenters. The van der Waals surface area contributed by atoms with E-state index in [0.717, 1.165) is 5.69 Å². The summed E-state index contributed by atoms with van der Waals surface area (Å²) in [6.45, 7) is 1.31. The largest absolute Gasteiger partial charge is 0.481 e. The van der Waals surface area contributed by atoms with Crippen LogP contribution >= 0.6 is 0 Å². The van der Waals surface area contributed by atoms with Crippen molar-refractivity contribution in [3.05, 3.63) is 18.3 Å². The average molecular weight is 321 g/mol. The van der Waals surface area contributed by atoms with Crippen molar-refractivity contribution < 1.29 is 24.6 Å². The van der Waals surface area contributed by atoms with E-state index in [1.165, 1.54) is 0 Å². The molecule has 0 bridgehead atoms. The third-order valence-corrected chi connectivity index (χ3v) is 3.79. The van der Waals surface area contributed by atoms with E-state index in [1.807, 2.05) is 0 Å². The van der Waals surface area contributed by atoms with E-state index in [0.29, 0.717) is 31.7 Å². The highest BCUT2D eigenvalue weighted by molar-refractivity contribution is 5.91. The third kappa shape index (κ3) is 4.94. The van der Waals surface area contributed by atoms with Gasteiger partial charge in [-0.15, -0.1) is 0 Å². The zero-order chi connectivity index (χ0) is 16.8. The molecule has 1 aromatic rings. The molecule has 0 radical (unpaired) electrons. The molecule has 0 atom stereocenters. The van der Waals surface area contributed by atoms with Gasteiger partial charge in [0.1, 0.15) is 5.82 Å². The van der Waals surface area contributed by atoms with Gasteiger partial charge in [0.2, 0.25) is 5.91 Å². The van der Waals surface area contributed by atoms with Gasteiger partial charge in [0.15, 0.2) is 0 Å². The lowest BCUT2D eigenvalue weighted by atomic mass is 9.97. The minimum atomic E-state index is -1.02. The summed E-state index contributed by atoms with van der Waals surface area (Å²) in [6, 6.07) is 3.46. The highest BCUT2D eigenvalue weighted by atomic mass is 16.4. The first-order chi connectivity index (χ1) is 11.0. The molecule has 1 aliphatic rings. The Bertz CT molecular complexity index is 579. The number of carbonyl (C=O) groups excluding carboxylic acids is 1. The Labute approximate surface area is 133 Å². The number of pyridine rings is 1. The fraction of sp³-hybridized carbons (Fsp3) is 0.467. The molecule has 1 aliphatic heterocycles. The predicted octanol–water partition coefficient (Wildman–Crippen LogP) is 1.19. The summed E-state index contributed by atoms with van der Waals surface area (Å²) >= 11 is 0. The quantitative estimate of drug-likeness (QED) is 0.719. The lowest BCUT2D eigenvalue weighted by Crippen LogP contribution is -2.36. The molecule has 8 heteroatoms. The third-order valence-electron chi connectivity index (χ3n) is 3.79.